The van der Waals surface area contributed by atoms with Gasteiger partial charge in [0, 0.05) is 88.7 Å². The van der Waals surface area contributed by atoms with Crippen molar-refractivity contribution in [2.24, 2.45) is 0 Å². The predicted molar refractivity (Wildman–Crippen MR) is 45.7 cm³/mol. The van der Waals surface area contributed by atoms with Crippen LogP contribution in [0.3, 0.4) is 0 Å². The molecule has 0 fully saturated rings. The van der Waals surface area contributed by atoms with E-state index in [1.165, 1.54) is 6.92 Å². The van der Waals surface area contributed by atoms with Crippen LogP contribution in [0.4, 0.5) is 0 Å². The zero-order chi connectivity index (χ0) is 7.44. The number of rotatable bonds is 3. The molecule has 0 heterocycles. The van der Waals surface area contributed by atoms with Crippen LogP contribution in [0.25, 0.3) is 0 Å². The van der Waals surface area contributed by atoms with Gasteiger partial charge in [0.15, 0.2) is 0 Å². The SMILES string of the molecule is C[C@H](NC(O)O)C(=O)O.[Na].[Na].[Na]. The van der Waals surface area contributed by atoms with E-state index in [2.05, 4.69) is 0 Å². The van der Waals surface area contributed by atoms with Crippen LogP contribution in [0.2, 0.25) is 0 Å². The first kappa shape index (κ1) is 23.9. The summed E-state index contributed by atoms with van der Waals surface area (Å²) < 4.78 is 0. The van der Waals surface area contributed by atoms with Crippen LogP contribution in [0, 0.1) is 0 Å². The van der Waals surface area contributed by atoms with E-state index in [0.29, 0.717) is 0 Å². The first-order valence-corrected chi connectivity index (χ1v) is 2.39. The monoisotopic (exact) mass is 204 g/mol. The van der Waals surface area contributed by atoms with Gasteiger partial charge in [0.1, 0.15) is 6.04 Å². The minimum atomic E-state index is -1.77. The van der Waals surface area contributed by atoms with Gasteiger partial charge in [-0.25, -0.2) is 0 Å². The summed E-state index contributed by atoms with van der Waals surface area (Å²) in [4.78, 5) is 9.95. The smallest absolute Gasteiger partial charge is 0.320 e. The summed E-state index contributed by atoms with van der Waals surface area (Å²) in [7, 11) is 0. The third-order valence-electron chi connectivity index (χ3n) is 0.769. The molecule has 0 rings (SSSR count). The van der Waals surface area contributed by atoms with Crippen molar-refractivity contribution in [2.45, 2.75) is 19.4 Å². The number of aliphatic hydroxyl groups excluding tert-OH is 1. The Bertz CT molecular complexity index is 112. The fourth-order valence-electron chi connectivity index (χ4n) is 0.295. The molecule has 0 aliphatic carbocycles. The van der Waals surface area contributed by atoms with E-state index in [-0.39, 0.29) is 88.7 Å². The summed E-state index contributed by atoms with van der Waals surface area (Å²) >= 11 is 0. The Kier molecular flexibility index (Phi) is 26.6. The number of carboxylic acids is 1. The molecule has 3 radical (unpaired) electrons. The number of carbonyl (C=O) groups is 1. The molecule has 0 saturated carbocycles. The molecule has 0 aliphatic heterocycles. The molecule has 8 heteroatoms. The maximum absolute atomic E-state index is 9.95. The topological polar surface area (TPSA) is 89.8 Å². The molecule has 0 aliphatic rings. The average molecular weight is 204 g/mol. The van der Waals surface area contributed by atoms with E-state index in [1.54, 1.807) is 0 Å². The van der Waals surface area contributed by atoms with Crippen LogP contribution in [0.1, 0.15) is 6.92 Å². The summed E-state index contributed by atoms with van der Waals surface area (Å²) in [5, 5.41) is 26.4. The number of aliphatic hydroxyl groups is 2. The largest absolute Gasteiger partial charge is 0.480 e. The molecule has 0 spiro atoms. The van der Waals surface area contributed by atoms with Crippen LogP contribution in [0.5, 0.6) is 0 Å². The van der Waals surface area contributed by atoms with E-state index in [9.17, 15) is 4.79 Å². The summed E-state index contributed by atoms with van der Waals surface area (Å²) in [5.74, 6) is -1.12. The van der Waals surface area contributed by atoms with Gasteiger partial charge in [0.05, 0.1) is 0 Å². The van der Waals surface area contributed by atoms with Gasteiger partial charge in [0.25, 0.3) is 0 Å². The van der Waals surface area contributed by atoms with Crippen LogP contribution >= 0.6 is 0 Å². The minimum Gasteiger partial charge on any atom is -0.480 e. The number of carboxylic acid groups (broad SMARTS) is 1. The van der Waals surface area contributed by atoms with Crippen molar-refractivity contribution in [3.8, 4) is 0 Å². The molecule has 0 aromatic heterocycles. The number of aliphatic carboxylic acids is 1. The Morgan fingerprint density at radius 3 is 1.67 bits per heavy atom. The fourth-order valence-corrected chi connectivity index (χ4v) is 0.295. The second-order valence-corrected chi connectivity index (χ2v) is 1.60. The number of nitrogens with one attached hydrogen (secondary N) is 1. The van der Waals surface area contributed by atoms with Gasteiger partial charge in [-0.3, -0.25) is 10.1 Å². The first-order valence-electron chi connectivity index (χ1n) is 2.39. The second-order valence-electron chi connectivity index (χ2n) is 1.60. The average Bonchev–Trinajstić information content (AvgIpc) is 1.63. The Morgan fingerprint density at radius 1 is 1.25 bits per heavy atom. The van der Waals surface area contributed by atoms with Gasteiger partial charge >= 0.3 is 5.97 Å². The zero-order valence-corrected chi connectivity index (χ0v) is 13.9. The van der Waals surface area contributed by atoms with Gasteiger partial charge in [-0.1, -0.05) is 0 Å². The van der Waals surface area contributed by atoms with Crippen molar-refractivity contribution in [3.05, 3.63) is 0 Å². The molecule has 4 N–H and O–H groups in total. The first-order chi connectivity index (χ1) is 4.04. The van der Waals surface area contributed by atoms with E-state index in [4.69, 9.17) is 15.3 Å². The summed E-state index contributed by atoms with van der Waals surface area (Å²) in [5.41, 5.74) is 0. The third-order valence-corrected chi connectivity index (χ3v) is 0.769. The Morgan fingerprint density at radius 2 is 1.58 bits per heavy atom. The van der Waals surface area contributed by atoms with Crippen LogP contribution in [-0.2, 0) is 4.79 Å². The van der Waals surface area contributed by atoms with E-state index in [0.717, 1.165) is 0 Å². The molecule has 0 bridgehead atoms. The molecule has 0 saturated heterocycles. The third kappa shape index (κ3) is 14.9. The summed E-state index contributed by atoms with van der Waals surface area (Å²) in [6.45, 7) is 1.31. The van der Waals surface area contributed by atoms with E-state index in [1.807, 2.05) is 5.32 Å². The molecular formula is C4H9NNa3O4. The summed E-state index contributed by atoms with van der Waals surface area (Å²) in [6, 6.07) is -0.940. The molecule has 0 aromatic rings. The summed E-state index contributed by atoms with van der Waals surface area (Å²) in [6.07, 6.45) is -1.77. The Hall–Kier alpha value is 2.35. The second kappa shape index (κ2) is 13.4. The molecule has 12 heavy (non-hydrogen) atoms. The zero-order valence-electron chi connectivity index (χ0n) is 7.90. The number of hydrogen-bond acceptors (Lipinski definition) is 4. The van der Waals surface area contributed by atoms with Gasteiger partial charge in [-0.15, -0.1) is 0 Å². The Balaban J connectivity index is -0.000000107. The number of hydrogen-bond donors (Lipinski definition) is 4. The van der Waals surface area contributed by atoms with Crippen molar-refractivity contribution in [1.82, 2.24) is 5.32 Å². The van der Waals surface area contributed by atoms with Crippen LogP contribution in [0.15, 0.2) is 0 Å². The van der Waals surface area contributed by atoms with Crippen molar-refractivity contribution in [3.63, 3.8) is 0 Å². The molecular weight excluding hydrogens is 195 g/mol. The van der Waals surface area contributed by atoms with Crippen molar-refractivity contribution < 1.29 is 20.1 Å². The predicted octanol–water partition coefficient (Wildman–Crippen LogP) is -2.83. The standard InChI is InChI=1S/C4H9NO4.3Na/c1-2(3(6)7)5-4(8)9;;;/h2,4-5,8-9H,1H3,(H,6,7);;;/t2-;;;/m0.../s1. The van der Waals surface area contributed by atoms with Crippen molar-refractivity contribution in [1.29, 1.82) is 0 Å². The van der Waals surface area contributed by atoms with Crippen LogP contribution in [-0.4, -0.2) is 122 Å². The fraction of sp³-hybridized carbons (Fsp3) is 0.750. The molecule has 1 atom stereocenters. The quantitative estimate of drug-likeness (QED) is 0.294. The van der Waals surface area contributed by atoms with Crippen molar-refractivity contribution >= 4 is 94.6 Å². The van der Waals surface area contributed by atoms with Crippen LogP contribution < -0.4 is 5.32 Å². The molecule has 0 aromatic carbocycles. The maximum Gasteiger partial charge on any atom is 0.320 e. The van der Waals surface area contributed by atoms with Gasteiger partial charge in [-0.2, -0.15) is 0 Å². The van der Waals surface area contributed by atoms with E-state index >= 15 is 0 Å². The normalized spacial score (nSPS) is 10.3. The van der Waals surface area contributed by atoms with Gasteiger partial charge in [-0.05, 0) is 6.92 Å². The van der Waals surface area contributed by atoms with E-state index < -0.39 is 18.4 Å². The Labute approximate surface area is 137 Å². The molecule has 5 nitrogen and oxygen atoms in total. The van der Waals surface area contributed by atoms with Gasteiger partial charge in [0.2, 0.25) is 6.41 Å². The van der Waals surface area contributed by atoms with Crippen molar-refractivity contribution in [2.75, 3.05) is 0 Å². The molecule has 0 amide bonds. The maximum atomic E-state index is 9.95. The molecule has 57 valence electrons. The minimum absolute atomic E-state index is 0. The molecule has 0 unspecified atom stereocenters. The van der Waals surface area contributed by atoms with Gasteiger partial charge < -0.3 is 15.3 Å².